The van der Waals surface area contributed by atoms with E-state index in [9.17, 15) is 14.4 Å². The fourth-order valence-corrected chi connectivity index (χ4v) is 2.57. The number of rotatable bonds is 6. The molecular formula is C15H28N6O3. The molecule has 0 radical (unpaired) electrons. The van der Waals surface area contributed by atoms with Crippen LogP contribution in [-0.4, -0.2) is 55.4 Å². The topological polar surface area (TPSA) is 138 Å². The van der Waals surface area contributed by atoms with Gasteiger partial charge >= 0.3 is 0 Å². The summed E-state index contributed by atoms with van der Waals surface area (Å²) in [5.74, 6) is -0.732. The van der Waals surface area contributed by atoms with Gasteiger partial charge in [-0.2, -0.15) is 0 Å². The maximum absolute atomic E-state index is 12.6. The molecule has 9 nitrogen and oxygen atoms in total. The van der Waals surface area contributed by atoms with Crippen molar-refractivity contribution in [2.75, 3.05) is 20.1 Å². The Kier molecular flexibility index (Phi) is 7.47. The molecule has 0 aromatic heterocycles. The van der Waals surface area contributed by atoms with Crippen molar-refractivity contribution in [3.05, 3.63) is 0 Å². The molecule has 1 rings (SSSR count). The molecule has 0 aromatic carbocycles. The SMILES string of the molecule is CCC1(CC)NC(=O)CNC(=O)[C@H](CCCNC(N)=NC)NC1=O. The molecule has 1 aliphatic rings. The van der Waals surface area contributed by atoms with Crippen molar-refractivity contribution < 1.29 is 14.4 Å². The first-order valence-corrected chi connectivity index (χ1v) is 8.24. The third-order valence-electron chi connectivity index (χ3n) is 4.28. The van der Waals surface area contributed by atoms with Crippen molar-refractivity contribution in [2.45, 2.75) is 51.1 Å². The molecule has 0 unspecified atom stereocenters. The number of aliphatic imine (C=N–C) groups is 1. The lowest BCUT2D eigenvalue weighted by molar-refractivity contribution is -0.134. The molecule has 0 spiro atoms. The first-order valence-electron chi connectivity index (χ1n) is 8.24. The number of carbonyl (C=O) groups is 3. The average Bonchev–Trinajstić information content (AvgIpc) is 2.62. The second-order valence-electron chi connectivity index (χ2n) is 5.76. The first kappa shape index (κ1) is 19.7. The Labute approximate surface area is 142 Å². The molecule has 3 amide bonds. The standard InChI is InChI=1S/C15H28N6O3/c1-4-15(5-2)13(24)20-10(7-6-8-18-14(16)17-3)12(23)19-9-11(22)21-15/h10H,4-9H2,1-3H3,(H,19,23)(H,20,24)(H,21,22)(H3,16,17,18)/t10-/m0/s1. The van der Waals surface area contributed by atoms with E-state index < -0.39 is 11.6 Å². The van der Waals surface area contributed by atoms with Crippen molar-refractivity contribution >= 4 is 23.7 Å². The lowest BCUT2D eigenvalue weighted by Crippen LogP contribution is -2.59. The summed E-state index contributed by atoms with van der Waals surface area (Å²) < 4.78 is 0. The average molecular weight is 340 g/mol. The zero-order chi connectivity index (χ0) is 18.2. The Hall–Kier alpha value is -2.32. The number of carbonyl (C=O) groups excluding carboxylic acids is 3. The molecular weight excluding hydrogens is 312 g/mol. The van der Waals surface area contributed by atoms with Gasteiger partial charge in [0.1, 0.15) is 11.6 Å². The summed E-state index contributed by atoms with van der Waals surface area (Å²) >= 11 is 0. The molecule has 0 bridgehead atoms. The van der Waals surface area contributed by atoms with Gasteiger partial charge in [-0.15, -0.1) is 0 Å². The minimum absolute atomic E-state index is 0.139. The van der Waals surface area contributed by atoms with Crippen LogP contribution in [0.5, 0.6) is 0 Å². The third kappa shape index (κ3) is 5.10. The Morgan fingerprint density at radius 1 is 1.33 bits per heavy atom. The molecule has 24 heavy (non-hydrogen) atoms. The van der Waals surface area contributed by atoms with Gasteiger partial charge in [0.25, 0.3) is 0 Å². The second-order valence-corrected chi connectivity index (χ2v) is 5.76. The van der Waals surface area contributed by atoms with Crippen LogP contribution in [0.25, 0.3) is 0 Å². The molecule has 9 heteroatoms. The minimum Gasteiger partial charge on any atom is -0.370 e. The predicted octanol–water partition coefficient (Wildman–Crippen LogP) is -1.41. The Bertz CT molecular complexity index is 501. The molecule has 0 aromatic rings. The lowest BCUT2D eigenvalue weighted by Gasteiger charge is -2.31. The smallest absolute Gasteiger partial charge is 0.246 e. The monoisotopic (exact) mass is 340 g/mol. The van der Waals surface area contributed by atoms with E-state index in [1.165, 1.54) is 0 Å². The molecule has 0 aliphatic carbocycles. The molecule has 1 saturated heterocycles. The van der Waals surface area contributed by atoms with Gasteiger partial charge in [0, 0.05) is 13.6 Å². The molecule has 136 valence electrons. The summed E-state index contributed by atoms with van der Waals surface area (Å²) in [5.41, 5.74) is 4.55. The highest BCUT2D eigenvalue weighted by molar-refractivity contribution is 5.98. The van der Waals surface area contributed by atoms with Gasteiger partial charge in [-0.25, -0.2) is 0 Å². The fraction of sp³-hybridized carbons (Fsp3) is 0.733. The van der Waals surface area contributed by atoms with Crippen LogP contribution in [0.15, 0.2) is 4.99 Å². The van der Waals surface area contributed by atoms with Gasteiger partial charge in [-0.05, 0) is 25.7 Å². The van der Waals surface area contributed by atoms with Crippen molar-refractivity contribution in [1.82, 2.24) is 21.3 Å². The van der Waals surface area contributed by atoms with Crippen LogP contribution in [-0.2, 0) is 14.4 Å². The van der Waals surface area contributed by atoms with Crippen LogP contribution in [0.4, 0.5) is 0 Å². The van der Waals surface area contributed by atoms with E-state index in [-0.39, 0.29) is 24.3 Å². The molecule has 1 heterocycles. The van der Waals surface area contributed by atoms with Gasteiger partial charge in [-0.1, -0.05) is 13.8 Å². The highest BCUT2D eigenvalue weighted by atomic mass is 16.2. The minimum atomic E-state index is -0.987. The van der Waals surface area contributed by atoms with E-state index >= 15 is 0 Å². The van der Waals surface area contributed by atoms with Crippen molar-refractivity contribution in [3.63, 3.8) is 0 Å². The zero-order valence-electron chi connectivity index (χ0n) is 14.6. The van der Waals surface area contributed by atoms with E-state index in [4.69, 9.17) is 5.73 Å². The normalized spacial score (nSPS) is 21.7. The summed E-state index contributed by atoms with van der Waals surface area (Å²) in [6.07, 6.45) is 1.94. The number of guanidine groups is 1. The summed E-state index contributed by atoms with van der Waals surface area (Å²) in [5, 5.41) is 11.0. The predicted molar refractivity (Wildman–Crippen MR) is 91.2 cm³/mol. The van der Waals surface area contributed by atoms with Gasteiger partial charge in [0.2, 0.25) is 17.7 Å². The van der Waals surface area contributed by atoms with Crippen LogP contribution >= 0.6 is 0 Å². The van der Waals surface area contributed by atoms with Crippen molar-refractivity contribution in [1.29, 1.82) is 0 Å². The van der Waals surface area contributed by atoms with Crippen LogP contribution in [0.2, 0.25) is 0 Å². The maximum Gasteiger partial charge on any atom is 0.246 e. The Balaban J connectivity index is 2.78. The van der Waals surface area contributed by atoms with E-state index in [1.807, 2.05) is 13.8 Å². The third-order valence-corrected chi connectivity index (χ3v) is 4.28. The largest absolute Gasteiger partial charge is 0.370 e. The zero-order valence-corrected chi connectivity index (χ0v) is 14.6. The number of amides is 3. The van der Waals surface area contributed by atoms with Crippen molar-refractivity contribution in [2.24, 2.45) is 10.7 Å². The summed E-state index contributed by atoms with van der Waals surface area (Å²) in [7, 11) is 1.58. The van der Waals surface area contributed by atoms with Gasteiger partial charge in [0.05, 0.1) is 6.54 Å². The fourth-order valence-electron chi connectivity index (χ4n) is 2.57. The first-order chi connectivity index (χ1) is 11.4. The molecule has 6 N–H and O–H groups in total. The number of hydrogen-bond donors (Lipinski definition) is 5. The van der Waals surface area contributed by atoms with Gasteiger partial charge < -0.3 is 27.0 Å². The van der Waals surface area contributed by atoms with Crippen LogP contribution in [0, 0.1) is 0 Å². The number of nitrogens with one attached hydrogen (secondary N) is 4. The molecule has 0 saturated carbocycles. The van der Waals surface area contributed by atoms with E-state index in [0.717, 1.165) is 0 Å². The number of nitrogens with zero attached hydrogens (tertiary/aromatic N) is 1. The second kappa shape index (κ2) is 9.09. The maximum atomic E-state index is 12.6. The van der Waals surface area contributed by atoms with Crippen LogP contribution in [0.3, 0.4) is 0 Å². The number of hydrogen-bond acceptors (Lipinski definition) is 4. The van der Waals surface area contributed by atoms with Gasteiger partial charge in [0.15, 0.2) is 5.96 Å². The Morgan fingerprint density at radius 3 is 2.58 bits per heavy atom. The highest BCUT2D eigenvalue weighted by Gasteiger charge is 2.39. The highest BCUT2D eigenvalue weighted by Crippen LogP contribution is 2.17. The Morgan fingerprint density at radius 2 is 2.00 bits per heavy atom. The van der Waals surface area contributed by atoms with E-state index in [0.29, 0.717) is 38.2 Å². The summed E-state index contributed by atoms with van der Waals surface area (Å²) in [4.78, 5) is 40.6. The summed E-state index contributed by atoms with van der Waals surface area (Å²) in [6, 6.07) is -0.690. The molecule has 1 atom stereocenters. The number of nitrogens with two attached hydrogens (primary N) is 1. The van der Waals surface area contributed by atoms with E-state index in [2.05, 4.69) is 26.3 Å². The lowest BCUT2D eigenvalue weighted by atomic mass is 9.91. The van der Waals surface area contributed by atoms with Gasteiger partial charge in [-0.3, -0.25) is 19.4 Å². The summed E-state index contributed by atoms with van der Waals surface area (Å²) in [6.45, 7) is 4.07. The van der Waals surface area contributed by atoms with Crippen LogP contribution < -0.4 is 27.0 Å². The molecule has 1 aliphatic heterocycles. The molecule has 1 fully saturated rings. The van der Waals surface area contributed by atoms with Crippen LogP contribution in [0.1, 0.15) is 39.5 Å². The van der Waals surface area contributed by atoms with Crippen molar-refractivity contribution in [3.8, 4) is 0 Å². The quantitative estimate of drug-likeness (QED) is 0.230. The van der Waals surface area contributed by atoms with E-state index in [1.54, 1.807) is 7.05 Å².